The number of aliphatic carboxylic acids is 2. The Hall–Kier alpha value is -5.87. The Kier molecular flexibility index (Phi) is 17.8. The van der Waals surface area contributed by atoms with E-state index in [-0.39, 0.29) is 25.2 Å². The molecule has 5 amide bonds. The number of aliphatic hydroxyl groups is 2. The van der Waals surface area contributed by atoms with Gasteiger partial charge in [0.05, 0.1) is 18.6 Å². The molecule has 3 aromatic rings. The van der Waals surface area contributed by atoms with Gasteiger partial charge < -0.3 is 47.0 Å². The molecule has 58 heavy (non-hydrogen) atoms. The maximum Gasteiger partial charge on any atom is 0.326 e. The van der Waals surface area contributed by atoms with E-state index in [1.807, 2.05) is 32.0 Å². The second-order valence-electron chi connectivity index (χ2n) is 15.1. The van der Waals surface area contributed by atoms with E-state index < -0.39 is 103 Å². The second-order valence-corrected chi connectivity index (χ2v) is 15.1. The Morgan fingerprint density at radius 1 is 0.638 bits per heavy atom. The lowest BCUT2D eigenvalue weighted by molar-refractivity contribution is -0.143. The first-order chi connectivity index (χ1) is 27.4. The summed E-state index contributed by atoms with van der Waals surface area (Å²) in [5.41, 5.74) is 0.998. The molecule has 0 saturated carbocycles. The summed E-state index contributed by atoms with van der Waals surface area (Å²) in [6, 6.07) is 14.7. The first-order valence-corrected chi connectivity index (χ1v) is 19.2. The molecule has 0 radical (unpaired) electrons. The van der Waals surface area contributed by atoms with Crippen molar-refractivity contribution in [2.24, 2.45) is 11.8 Å². The highest BCUT2D eigenvalue weighted by Gasteiger charge is 2.33. The van der Waals surface area contributed by atoms with Crippen LogP contribution in [0.15, 0.2) is 72.8 Å². The van der Waals surface area contributed by atoms with E-state index in [0.717, 1.165) is 5.39 Å². The molecule has 0 bridgehead atoms. The van der Waals surface area contributed by atoms with Crippen molar-refractivity contribution in [3.8, 4) is 0 Å². The molecular weight excluding hydrogens is 750 g/mol. The maximum absolute atomic E-state index is 13.4. The zero-order valence-electron chi connectivity index (χ0n) is 33.3. The van der Waals surface area contributed by atoms with Crippen LogP contribution in [0.4, 0.5) is 0 Å². The number of hydrogen-bond acceptors (Lipinski definition) is 9. The van der Waals surface area contributed by atoms with Crippen molar-refractivity contribution in [3.05, 3.63) is 83.9 Å². The van der Waals surface area contributed by atoms with Crippen LogP contribution in [0.2, 0.25) is 0 Å². The standard InChI is InChI=1S/C42H55N5O11/c1-23(2)20-31(45-41(56)37(52)29-17-11-15-27-14-9-10-16-28(27)29)33(48)22-34(49)47-36(24(3)4)40(55)43-25(5)38(53)44-30(18-19-35(50)51)39(54)46-32(42(57)58)21-26-12-7-6-8-13-26/h6-17,23-25,30-33,36-37,48,52H,18-22H2,1-5H3,(H,43,55)(H,44,53)(H,45,56)(H,46,54)(H,47,49)(H,50,51)(H,57,58)/t25-,30-,31?,32-,33+,36-,37?/m1/s1. The molecule has 0 fully saturated rings. The van der Waals surface area contributed by atoms with Gasteiger partial charge in [0.15, 0.2) is 6.10 Å². The summed E-state index contributed by atoms with van der Waals surface area (Å²) >= 11 is 0. The highest BCUT2D eigenvalue weighted by Crippen LogP contribution is 2.25. The zero-order valence-corrected chi connectivity index (χ0v) is 33.3. The molecule has 16 heteroatoms. The first kappa shape index (κ1) is 46.5. The fraction of sp³-hybridized carbons (Fsp3) is 0.452. The van der Waals surface area contributed by atoms with Gasteiger partial charge in [-0.15, -0.1) is 0 Å². The van der Waals surface area contributed by atoms with E-state index in [2.05, 4.69) is 26.6 Å². The molecule has 0 aliphatic heterocycles. The number of carboxylic acids is 2. The number of benzene rings is 3. The van der Waals surface area contributed by atoms with Crippen LogP contribution in [-0.2, 0) is 40.0 Å². The molecule has 314 valence electrons. The van der Waals surface area contributed by atoms with Crippen molar-refractivity contribution in [2.75, 3.05) is 0 Å². The predicted molar refractivity (Wildman–Crippen MR) is 214 cm³/mol. The van der Waals surface area contributed by atoms with Crippen molar-refractivity contribution in [2.45, 2.75) is 109 Å². The van der Waals surface area contributed by atoms with Gasteiger partial charge in [0.25, 0.3) is 5.91 Å². The van der Waals surface area contributed by atoms with Crippen LogP contribution >= 0.6 is 0 Å². The number of amides is 5. The largest absolute Gasteiger partial charge is 0.481 e. The van der Waals surface area contributed by atoms with E-state index in [9.17, 15) is 54.0 Å². The topological polar surface area (TPSA) is 261 Å². The molecule has 0 aromatic heterocycles. The number of carboxylic acid groups (broad SMARTS) is 2. The average molecular weight is 806 g/mol. The van der Waals surface area contributed by atoms with E-state index in [4.69, 9.17) is 0 Å². The molecular formula is C42H55N5O11. The van der Waals surface area contributed by atoms with Gasteiger partial charge in [0, 0.05) is 12.8 Å². The summed E-state index contributed by atoms with van der Waals surface area (Å²) < 4.78 is 0. The molecule has 9 N–H and O–H groups in total. The highest BCUT2D eigenvalue weighted by atomic mass is 16.4. The summed E-state index contributed by atoms with van der Waals surface area (Å²) in [7, 11) is 0. The molecule has 3 aromatic carbocycles. The number of aliphatic hydroxyl groups excluding tert-OH is 2. The van der Waals surface area contributed by atoms with Crippen LogP contribution in [0.3, 0.4) is 0 Å². The fourth-order valence-corrected chi connectivity index (χ4v) is 6.34. The van der Waals surface area contributed by atoms with Gasteiger partial charge in [0.1, 0.15) is 24.2 Å². The highest BCUT2D eigenvalue weighted by molar-refractivity contribution is 5.95. The van der Waals surface area contributed by atoms with Crippen molar-refractivity contribution >= 4 is 52.2 Å². The minimum atomic E-state index is -1.56. The number of hydrogen-bond donors (Lipinski definition) is 9. The van der Waals surface area contributed by atoms with Crippen molar-refractivity contribution in [3.63, 3.8) is 0 Å². The lowest BCUT2D eigenvalue weighted by atomic mass is 9.95. The molecule has 0 spiro atoms. The van der Waals surface area contributed by atoms with E-state index >= 15 is 0 Å². The van der Waals surface area contributed by atoms with Gasteiger partial charge in [-0.25, -0.2) is 4.79 Å². The smallest absolute Gasteiger partial charge is 0.326 e. The van der Waals surface area contributed by atoms with Crippen LogP contribution in [0, 0.1) is 11.8 Å². The summed E-state index contributed by atoms with van der Waals surface area (Å²) in [6.07, 6.45) is -4.20. The molecule has 2 unspecified atom stereocenters. The Balaban J connectivity index is 1.64. The lowest BCUT2D eigenvalue weighted by Crippen LogP contribution is -2.58. The molecule has 0 heterocycles. The number of rotatable bonds is 22. The summed E-state index contributed by atoms with van der Waals surface area (Å²) in [5.74, 6) is -7.21. The number of carbonyl (C=O) groups excluding carboxylic acids is 5. The Morgan fingerprint density at radius 3 is 1.88 bits per heavy atom. The van der Waals surface area contributed by atoms with Crippen LogP contribution in [-0.4, -0.2) is 98.2 Å². The van der Waals surface area contributed by atoms with Crippen molar-refractivity contribution in [1.29, 1.82) is 0 Å². The van der Waals surface area contributed by atoms with E-state index in [1.54, 1.807) is 68.4 Å². The Morgan fingerprint density at radius 2 is 1.26 bits per heavy atom. The molecule has 0 aliphatic carbocycles. The molecule has 3 rings (SSSR count). The average Bonchev–Trinajstić information content (AvgIpc) is 3.17. The van der Waals surface area contributed by atoms with Crippen LogP contribution in [0.25, 0.3) is 10.8 Å². The van der Waals surface area contributed by atoms with Gasteiger partial charge in [-0.1, -0.05) is 100 Å². The number of carbonyl (C=O) groups is 7. The number of fused-ring (bicyclic) bond motifs is 1. The van der Waals surface area contributed by atoms with Gasteiger partial charge in [-0.05, 0) is 53.5 Å². The quantitative estimate of drug-likeness (QED) is 0.0709. The van der Waals surface area contributed by atoms with Gasteiger partial charge in [-0.3, -0.25) is 28.8 Å². The number of nitrogens with one attached hydrogen (secondary N) is 5. The molecule has 16 nitrogen and oxygen atoms in total. The lowest BCUT2D eigenvalue weighted by Gasteiger charge is -2.28. The van der Waals surface area contributed by atoms with Crippen molar-refractivity contribution < 1.29 is 54.0 Å². The molecule has 0 saturated heterocycles. The third-order valence-electron chi connectivity index (χ3n) is 9.47. The van der Waals surface area contributed by atoms with Crippen LogP contribution < -0.4 is 26.6 Å². The van der Waals surface area contributed by atoms with Crippen LogP contribution in [0.5, 0.6) is 0 Å². The third kappa shape index (κ3) is 14.3. The van der Waals surface area contributed by atoms with Gasteiger partial charge in [0.2, 0.25) is 23.6 Å². The Bertz CT molecular complexity index is 1900. The molecule has 0 aliphatic rings. The zero-order chi connectivity index (χ0) is 43.1. The summed E-state index contributed by atoms with van der Waals surface area (Å²) in [6.45, 7) is 8.32. The monoisotopic (exact) mass is 805 g/mol. The summed E-state index contributed by atoms with van der Waals surface area (Å²) in [4.78, 5) is 89.6. The fourth-order valence-electron chi connectivity index (χ4n) is 6.34. The van der Waals surface area contributed by atoms with Gasteiger partial charge >= 0.3 is 11.9 Å². The summed E-state index contributed by atoms with van der Waals surface area (Å²) in [5, 5.41) is 55.1. The SMILES string of the molecule is CC(C)CC(NC(=O)C(O)c1cccc2ccccc12)[C@@H](O)CC(=O)N[C@@H](C(=O)N[C@H](C)C(=O)N[C@H](CCC(=O)O)C(=O)N[C@H](Cc1ccccc1)C(=O)O)C(C)C. The van der Waals surface area contributed by atoms with E-state index in [1.165, 1.54) is 6.92 Å². The van der Waals surface area contributed by atoms with E-state index in [0.29, 0.717) is 16.5 Å². The van der Waals surface area contributed by atoms with Crippen molar-refractivity contribution in [1.82, 2.24) is 26.6 Å². The molecule has 7 atom stereocenters. The minimum Gasteiger partial charge on any atom is -0.481 e. The Labute approximate surface area is 337 Å². The maximum atomic E-state index is 13.4. The third-order valence-corrected chi connectivity index (χ3v) is 9.47. The van der Waals surface area contributed by atoms with Gasteiger partial charge in [-0.2, -0.15) is 0 Å². The second kappa shape index (κ2) is 22.2. The van der Waals surface area contributed by atoms with Crippen LogP contribution in [0.1, 0.15) is 77.5 Å². The minimum absolute atomic E-state index is 0.0257. The normalized spacial score (nSPS) is 14.9. The predicted octanol–water partition coefficient (Wildman–Crippen LogP) is 1.96. The first-order valence-electron chi connectivity index (χ1n) is 19.2.